The first-order valence-corrected chi connectivity index (χ1v) is 6.05. The lowest BCUT2D eigenvalue weighted by Crippen LogP contribution is -2.30. The van der Waals surface area contributed by atoms with Gasteiger partial charge in [-0.2, -0.15) is 0 Å². The number of methoxy groups -OCH3 is 1. The number of likely N-dealkylation sites (N-methyl/N-ethyl adjacent to an activating group) is 1. The highest BCUT2D eigenvalue weighted by Gasteiger charge is 2.12. The lowest BCUT2D eigenvalue weighted by atomic mass is 10.0. The zero-order valence-corrected chi connectivity index (χ0v) is 11.6. The van der Waals surface area contributed by atoms with Crippen molar-refractivity contribution in [3.8, 4) is 11.8 Å². The van der Waals surface area contributed by atoms with E-state index >= 15 is 0 Å². The average Bonchev–Trinajstić information content (AvgIpc) is 2.43. The molecule has 0 bridgehead atoms. The van der Waals surface area contributed by atoms with Crippen LogP contribution in [0.3, 0.4) is 0 Å². The molecule has 0 heterocycles. The van der Waals surface area contributed by atoms with Gasteiger partial charge in [0.1, 0.15) is 6.61 Å². The van der Waals surface area contributed by atoms with Crippen molar-refractivity contribution in [1.82, 2.24) is 4.90 Å². The van der Waals surface area contributed by atoms with E-state index in [9.17, 15) is 4.79 Å². The predicted molar refractivity (Wildman–Crippen MR) is 74.0 cm³/mol. The zero-order chi connectivity index (χ0) is 14.3. The van der Waals surface area contributed by atoms with Gasteiger partial charge in [-0.05, 0) is 24.6 Å². The highest BCUT2D eigenvalue weighted by atomic mass is 16.5. The highest BCUT2D eigenvalue weighted by Crippen LogP contribution is 2.12. The quantitative estimate of drug-likeness (QED) is 0.824. The Morgan fingerprint density at radius 1 is 1.47 bits per heavy atom. The molecular formula is C15H19NO3. The Balaban J connectivity index is 2.92. The second-order valence-electron chi connectivity index (χ2n) is 4.21. The summed E-state index contributed by atoms with van der Waals surface area (Å²) >= 11 is 0. The summed E-state index contributed by atoms with van der Waals surface area (Å²) in [5.41, 5.74) is 2.34. The van der Waals surface area contributed by atoms with E-state index in [1.807, 2.05) is 13.0 Å². The summed E-state index contributed by atoms with van der Waals surface area (Å²) in [5.74, 6) is 5.37. The van der Waals surface area contributed by atoms with E-state index in [4.69, 9.17) is 9.84 Å². The first kappa shape index (κ1) is 15.2. The molecule has 0 aliphatic heterocycles. The van der Waals surface area contributed by atoms with Crippen molar-refractivity contribution in [2.45, 2.75) is 6.92 Å². The first-order chi connectivity index (χ1) is 9.10. The molecule has 102 valence electrons. The fourth-order valence-corrected chi connectivity index (χ4v) is 1.57. The summed E-state index contributed by atoms with van der Waals surface area (Å²) in [5, 5.41) is 8.72. The van der Waals surface area contributed by atoms with Gasteiger partial charge < -0.3 is 14.7 Å². The van der Waals surface area contributed by atoms with Crippen LogP contribution in [0.1, 0.15) is 21.5 Å². The van der Waals surface area contributed by atoms with Crippen molar-refractivity contribution in [3.63, 3.8) is 0 Å². The molecule has 0 saturated heterocycles. The molecule has 1 N–H and O–H groups in total. The smallest absolute Gasteiger partial charge is 0.253 e. The minimum absolute atomic E-state index is 0.0656. The lowest BCUT2D eigenvalue weighted by molar-refractivity contribution is 0.0744. The van der Waals surface area contributed by atoms with Crippen molar-refractivity contribution in [2.24, 2.45) is 0 Å². The maximum atomic E-state index is 12.2. The van der Waals surface area contributed by atoms with Crippen molar-refractivity contribution in [3.05, 3.63) is 34.9 Å². The van der Waals surface area contributed by atoms with Crippen LogP contribution in [0.4, 0.5) is 0 Å². The number of carbonyl (C=O) groups excluding carboxylic acids is 1. The van der Waals surface area contributed by atoms with E-state index in [2.05, 4.69) is 11.8 Å². The number of nitrogens with zero attached hydrogens (tertiary/aromatic N) is 1. The Kier molecular flexibility index (Phi) is 6.07. The maximum absolute atomic E-state index is 12.2. The lowest BCUT2D eigenvalue weighted by Gasteiger charge is -2.17. The molecule has 1 amide bonds. The minimum atomic E-state index is -0.189. The summed E-state index contributed by atoms with van der Waals surface area (Å²) in [6.07, 6.45) is 0. The molecule has 1 aromatic rings. The largest absolute Gasteiger partial charge is 0.384 e. The average molecular weight is 261 g/mol. The Morgan fingerprint density at radius 3 is 2.84 bits per heavy atom. The van der Waals surface area contributed by atoms with Gasteiger partial charge in [0.25, 0.3) is 5.91 Å². The fraction of sp³-hybridized carbons (Fsp3) is 0.400. The van der Waals surface area contributed by atoms with Crippen molar-refractivity contribution in [2.75, 3.05) is 33.9 Å². The van der Waals surface area contributed by atoms with Crippen molar-refractivity contribution < 1.29 is 14.6 Å². The molecule has 0 unspecified atom stereocenters. The number of aryl methyl sites for hydroxylation is 1. The van der Waals surface area contributed by atoms with Crippen LogP contribution in [0, 0.1) is 18.8 Å². The van der Waals surface area contributed by atoms with Gasteiger partial charge in [-0.25, -0.2) is 0 Å². The molecule has 0 aliphatic rings. The fourth-order valence-electron chi connectivity index (χ4n) is 1.57. The van der Waals surface area contributed by atoms with Gasteiger partial charge in [0, 0.05) is 31.8 Å². The number of carbonyl (C=O) groups is 1. The van der Waals surface area contributed by atoms with Crippen LogP contribution < -0.4 is 0 Å². The number of aliphatic hydroxyl groups is 1. The van der Waals surface area contributed by atoms with Crippen LogP contribution in [0.25, 0.3) is 0 Å². The van der Waals surface area contributed by atoms with E-state index in [0.717, 1.165) is 11.1 Å². The molecule has 4 heteroatoms. The van der Waals surface area contributed by atoms with E-state index in [1.165, 1.54) is 0 Å². The number of benzene rings is 1. The number of hydrogen-bond acceptors (Lipinski definition) is 3. The SMILES string of the molecule is COCCN(C)C(=O)c1ccc(C)c(C#CCO)c1. The third-order valence-corrected chi connectivity index (χ3v) is 2.76. The standard InChI is InChI=1S/C15H19NO3/c1-12-6-7-14(11-13(12)5-4-9-17)15(18)16(2)8-10-19-3/h6-7,11,17H,8-10H2,1-3H3. The Labute approximate surface area is 114 Å². The highest BCUT2D eigenvalue weighted by molar-refractivity contribution is 5.94. The van der Waals surface area contributed by atoms with Crippen LogP contribution in [0.5, 0.6) is 0 Å². The second kappa shape index (κ2) is 7.57. The van der Waals surface area contributed by atoms with E-state index in [0.29, 0.717) is 18.7 Å². The summed E-state index contributed by atoms with van der Waals surface area (Å²) in [6.45, 7) is 2.78. The molecule has 0 atom stereocenters. The maximum Gasteiger partial charge on any atom is 0.253 e. The molecule has 0 spiro atoms. The second-order valence-corrected chi connectivity index (χ2v) is 4.21. The topological polar surface area (TPSA) is 49.8 Å². The molecule has 0 saturated carbocycles. The summed E-state index contributed by atoms with van der Waals surface area (Å²) in [4.78, 5) is 13.8. The van der Waals surface area contributed by atoms with Gasteiger partial charge in [-0.3, -0.25) is 4.79 Å². The Morgan fingerprint density at radius 2 is 2.21 bits per heavy atom. The van der Waals surface area contributed by atoms with Gasteiger partial charge in [0.05, 0.1) is 6.61 Å². The number of ether oxygens (including phenoxy) is 1. The zero-order valence-electron chi connectivity index (χ0n) is 11.6. The number of aliphatic hydroxyl groups excluding tert-OH is 1. The van der Waals surface area contributed by atoms with Crippen molar-refractivity contribution >= 4 is 5.91 Å². The van der Waals surface area contributed by atoms with E-state index < -0.39 is 0 Å². The van der Waals surface area contributed by atoms with Gasteiger partial charge in [0.15, 0.2) is 0 Å². The van der Waals surface area contributed by atoms with Crippen LogP contribution in [-0.4, -0.2) is 49.8 Å². The molecule has 1 rings (SSSR count). The van der Waals surface area contributed by atoms with Crippen molar-refractivity contribution in [1.29, 1.82) is 0 Å². The van der Waals surface area contributed by atoms with Crippen LogP contribution in [0.2, 0.25) is 0 Å². The predicted octanol–water partition coefficient (Wildman–Crippen LogP) is 1.06. The third kappa shape index (κ3) is 4.40. The van der Waals surface area contributed by atoms with Gasteiger partial charge >= 0.3 is 0 Å². The van der Waals surface area contributed by atoms with Crippen LogP contribution in [-0.2, 0) is 4.74 Å². The number of amides is 1. The number of hydrogen-bond donors (Lipinski definition) is 1. The Bertz CT molecular complexity index is 500. The monoisotopic (exact) mass is 261 g/mol. The normalized spacial score (nSPS) is 9.68. The van der Waals surface area contributed by atoms with Gasteiger partial charge in [-0.15, -0.1) is 0 Å². The van der Waals surface area contributed by atoms with Crippen LogP contribution >= 0.6 is 0 Å². The van der Waals surface area contributed by atoms with E-state index in [-0.39, 0.29) is 12.5 Å². The molecule has 4 nitrogen and oxygen atoms in total. The first-order valence-electron chi connectivity index (χ1n) is 6.05. The molecule has 0 radical (unpaired) electrons. The Hall–Kier alpha value is -1.83. The molecule has 0 aromatic heterocycles. The molecule has 0 aliphatic carbocycles. The summed E-state index contributed by atoms with van der Waals surface area (Å²) in [7, 11) is 3.34. The molecule has 19 heavy (non-hydrogen) atoms. The van der Waals surface area contributed by atoms with Gasteiger partial charge in [-0.1, -0.05) is 17.9 Å². The minimum Gasteiger partial charge on any atom is -0.384 e. The molecule has 0 fully saturated rings. The summed E-state index contributed by atoms with van der Waals surface area (Å²) in [6, 6.07) is 5.40. The number of rotatable bonds is 4. The van der Waals surface area contributed by atoms with Gasteiger partial charge in [0.2, 0.25) is 0 Å². The van der Waals surface area contributed by atoms with Crippen LogP contribution in [0.15, 0.2) is 18.2 Å². The summed E-state index contributed by atoms with van der Waals surface area (Å²) < 4.78 is 4.95. The third-order valence-electron chi connectivity index (χ3n) is 2.76. The molecule has 1 aromatic carbocycles. The van der Waals surface area contributed by atoms with E-state index in [1.54, 1.807) is 31.2 Å². The molecular weight excluding hydrogens is 242 g/mol.